The summed E-state index contributed by atoms with van der Waals surface area (Å²) in [5.41, 5.74) is -0.135. The van der Waals surface area contributed by atoms with E-state index in [2.05, 4.69) is 30.9 Å². The third kappa shape index (κ3) is 2.82. The smallest absolute Gasteiger partial charge is 0.266 e. The first-order valence-electron chi connectivity index (χ1n) is 3.86. The highest BCUT2D eigenvalue weighted by atomic mass is 16.1. The second kappa shape index (κ2) is 3.05. The lowest BCUT2D eigenvalue weighted by molar-refractivity contribution is 0.319. The molecular formula is C8H13N3O. The van der Waals surface area contributed by atoms with E-state index in [0.717, 1.165) is 6.54 Å². The van der Waals surface area contributed by atoms with Gasteiger partial charge in [0.2, 0.25) is 0 Å². The second-order valence-corrected chi connectivity index (χ2v) is 3.99. The molecule has 0 aliphatic carbocycles. The predicted molar refractivity (Wildman–Crippen MR) is 45.7 cm³/mol. The van der Waals surface area contributed by atoms with Crippen LogP contribution in [0.4, 0.5) is 0 Å². The van der Waals surface area contributed by atoms with E-state index in [4.69, 9.17) is 0 Å². The van der Waals surface area contributed by atoms with Crippen molar-refractivity contribution < 1.29 is 0 Å². The molecule has 0 aromatic carbocycles. The largest absolute Gasteiger partial charge is 0.291 e. The van der Waals surface area contributed by atoms with Gasteiger partial charge in [0.1, 0.15) is 12.5 Å². The molecule has 12 heavy (non-hydrogen) atoms. The first-order chi connectivity index (χ1) is 5.47. The Kier molecular flexibility index (Phi) is 2.26. The van der Waals surface area contributed by atoms with Gasteiger partial charge in [-0.05, 0) is 5.41 Å². The van der Waals surface area contributed by atoms with Crippen molar-refractivity contribution in [2.75, 3.05) is 0 Å². The van der Waals surface area contributed by atoms with Crippen LogP contribution in [0.2, 0.25) is 0 Å². The number of hydrogen-bond donors (Lipinski definition) is 0. The van der Waals surface area contributed by atoms with Crippen molar-refractivity contribution in [3.63, 3.8) is 0 Å². The topological polar surface area (TPSA) is 47.8 Å². The number of aromatic nitrogens is 3. The molecule has 1 rings (SSSR count). The summed E-state index contributed by atoms with van der Waals surface area (Å²) in [6.45, 7) is 7.08. The van der Waals surface area contributed by atoms with Crippen molar-refractivity contribution in [1.29, 1.82) is 0 Å². The van der Waals surface area contributed by atoms with Crippen LogP contribution in [-0.4, -0.2) is 14.8 Å². The fourth-order valence-corrected chi connectivity index (χ4v) is 0.878. The Labute approximate surface area is 71.3 Å². The summed E-state index contributed by atoms with van der Waals surface area (Å²) >= 11 is 0. The molecule has 0 unspecified atom stereocenters. The SMILES string of the molecule is CC(C)(C)Cn1cnc(=O)cn1. The maximum atomic E-state index is 10.6. The molecule has 66 valence electrons. The van der Waals surface area contributed by atoms with Crippen molar-refractivity contribution in [3.05, 3.63) is 22.9 Å². The van der Waals surface area contributed by atoms with Gasteiger partial charge in [-0.2, -0.15) is 10.1 Å². The summed E-state index contributed by atoms with van der Waals surface area (Å²) in [5, 5.41) is 3.91. The van der Waals surface area contributed by atoms with E-state index in [1.807, 2.05) is 0 Å². The van der Waals surface area contributed by atoms with Crippen LogP contribution in [-0.2, 0) is 6.54 Å². The highest BCUT2D eigenvalue weighted by Gasteiger charge is 2.10. The van der Waals surface area contributed by atoms with Gasteiger partial charge in [0.25, 0.3) is 5.56 Å². The van der Waals surface area contributed by atoms with Crippen LogP contribution >= 0.6 is 0 Å². The van der Waals surface area contributed by atoms with E-state index >= 15 is 0 Å². The highest BCUT2D eigenvalue weighted by molar-refractivity contribution is 4.70. The molecular weight excluding hydrogens is 154 g/mol. The molecule has 1 aromatic rings. The summed E-state index contributed by atoms with van der Waals surface area (Å²) in [7, 11) is 0. The van der Waals surface area contributed by atoms with Crippen LogP contribution < -0.4 is 5.56 Å². The van der Waals surface area contributed by atoms with Gasteiger partial charge in [0.15, 0.2) is 0 Å². The fraction of sp³-hybridized carbons (Fsp3) is 0.625. The summed E-state index contributed by atoms with van der Waals surface area (Å²) in [5.74, 6) is 0. The van der Waals surface area contributed by atoms with Crippen molar-refractivity contribution in [3.8, 4) is 0 Å². The summed E-state index contributed by atoms with van der Waals surface area (Å²) in [6.07, 6.45) is 2.69. The van der Waals surface area contributed by atoms with E-state index in [0.29, 0.717) is 0 Å². The number of rotatable bonds is 1. The number of nitrogens with zero attached hydrogens (tertiary/aromatic N) is 3. The Bertz CT molecular complexity index is 290. The quantitative estimate of drug-likeness (QED) is 0.618. The Morgan fingerprint density at radius 3 is 2.58 bits per heavy atom. The van der Waals surface area contributed by atoms with Gasteiger partial charge < -0.3 is 0 Å². The van der Waals surface area contributed by atoms with Gasteiger partial charge in [-0.3, -0.25) is 9.48 Å². The lowest BCUT2D eigenvalue weighted by Gasteiger charge is -2.18. The van der Waals surface area contributed by atoms with Crippen LogP contribution in [0.3, 0.4) is 0 Å². The van der Waals surface area contributed by atoms with E-state index in [9.17, 15) is 4.79 Å². The number of hydrogen-bond acceptors (Lipinski definition) is 3. The van der Waals surface area contributed by atoms with Gasteiger partial charge in [0.05, 0.1) is 0 Å². The third-order valence-electron chi connectivity index (χ3n) is 1.27. The molecule has 0 radical (unpaired) electrons. The zero-order valence-electron chi connectivity index (χ0n) is 7.61. The van der Waals surface area contributed by atoms with Gasteiger partial charge >= 0.3 is 0 Å². The molecule has 0 bridgehead atoms. The predicted octanol–water partition coefficient (Wildman–Crippen LogP) is 0.684. The maximum Gasteiger partial charge on any atom is 0.291 e. The standard InChI is InChI=1S/C8H13N3O/c1-8(2,3)5-11-6-9-7(12)4-10-11/h4,6H,5H2,1-3H3. The normalized spacial score (nSPS) is 11.6. The zero-order chi connectivity index (χ0) is 9.19. The average Bonchev–Trinajstić information content (AvgIpc) is 1.91. The highest BCUT2D eigenvalue weighted by Crippen LogP contribution is 2.14. The molecule has 1 aromatic heterocycles. The minimum absolute atomic E-state index is 0.156. The monoisotopic (exact) mass is 167 g/mol. The first kappa shape index (κ1) is 8.90. The average molecular weight is 167 g/mol. The second-order valence-electron chi connectivity index (χ2n) is 3.99. The molecule has 1 heterocycles. The molecule has 0 atom stereocenters. The van der Waals surface area contributed by atoms with Crippen molar-refractivity contribution in [2.45, 2.75) is 27.3 Å². The van der Waals surface area contributed by atoms with Crippen LogP contribution in [0, 0.1) is 5.41 Å². The van der Waals surface area contributed by atoms with Crippen LogP contribution in [0.5, 0.6) is 0 Å². The molecule has 0 saturated heterocycles. The Morgan fingerprint density at radius 2 is 2.17 bits per heavy atom. The van der Waals surface area contributed by atoms with Crippen LogP contribution in [0.1, 0.15) is 20.8 Å². The van der Waals surface area contributed by atoms with Crippen LogP contribution in [0.15, 0.2) is 17.3 Å². The summed E-state index contributed by atoms with van der Waals surface area (Å²) < 4.78 is 1.67. The lowest BCUT2D eigenvalue weighted by atomic mass is 9.97. The van der Waals surface area contributed by atoms with Gasteiger partial charge in [0, 0.05) is 6.54 Å². The zero-order valence-corrected chi connectivity index (χ0v) is 7.61. The minimum atomic E-state index is -0.292. The van der Waals surface area contributed by atoms with Crippen molar-refractivity contribution in [1.82, 2.24) is 14.8 Å². The molecule has 0 amide bonds. The van der Waals surface area contributed by atoms with E-state index in [1.165, 1.54) is 12.5 Å². The Morgan fingerprint density at radius 1 is 1.50 bits per heavy atom. The van der Waals surface area contributed by atoms with Gasteiger partial charge in [-0.25, -0.2) is 0 Å². The minimum Gasteiger partial charge on any atom is -0.266 e. The molecule has 4 heteroatoms. The van der Waals surface area contributed by atoms with Crippen LogP contribution in [0.25, 0.3) is 0 Å². The maximum absolute atomic E-state index is 10.6. The summed E-state index contributed by atoms with van der Waals surface area (Å²) in [4.78, 5) is 14.2. The Hall–Kier alpha value is -1.19. The molecule has 0 aliphatic rings. The molecule has 4 nitrogen and oxygen atoms in total. The summed E-state index contributed by atoms with van der Waals surface area (Å²) in [6, 6.07) is 0. The Balaban J connectivity index is 2.78. The molecule has 0 N–H and O–H groups in total. The van der Waals surface area contributed by atoms with Crippen molar-refractivity contribution in [2.24, 2.45) is 5.41 Å². The van der Waals surface area contributed by atoms with E-state index in [-0.39, 0.29) is 11.0 Å². The van der Waals surface area contributed by atoms with E-state index in [1.54, 1.807) is 4.68 Å². The van der Waals surface area contributed by atoms with Gasteiger partial charge in [-0.15, -0.1) is 0 Å². The molecule has 0 spiro atoms. The molecule has 0 saturated carbocycles. The first-order valence-corrected chi connectivity index (χ1v) is 3.86. The molecule has 0 aliphatic heterocycles. The van der Waals surface area contributed by atoms with E-state index < -0.39 is 0 Å². The molecule has 0 fully saturated rings. The fourth-order valence-electron chi connectivity index (χ4n) is 0.878. The van der Waals surface area contributed by atoms with Gasteiger partial charge in [-0.1, -0.05) is 20.8 Å². The third-order valence-corrected chi connectivity index (χ3v) is 1.27. The van der Waals surface area contributed by atoms with Crippen molar-refractivity contribution >= 4 is 0 Å². The lowest BCUT2D eigenvalue weighted by Crippen LogP contribution is -2.20.